The number of nitrogens with zero attached hydrogens (tertiary/aromatic N) is 2. The van der Waals surface area contributed by atoms with Crippen LogP contribution in [0.15, 0.2) is 4.99 Å². The van der Waals surface area contributed by atoms with E-state index < -0.39 is 0 Å². The van der Waals surface area contributed by atoms with Crippen LogP contribution in [0, 0.1) is 5.41 Å². The molecule has 1 saturated carbocycles. The minimum Gasteiger partial charge on any atom is -0.381 e. The fourth-order valence-electron chi connectivity index (χ4n) is 3.97. The standard InChI is InChI=1S/C16H29N3O2.HI/c1-17-14(19-9-6-15(13-19)4-3-5-15)18-12-16(20-2)7-10-21-11-8-16;/h3-13H2,1-2H3,(H,17,18);1H. The first kappa shape index (κ1) is 18.3. The quantitative estimate of drug-likeness (QED) is 0.430. The van der Waals surface area contributed by atoms with Crippen molar-refractivity contribution in [1.82, 2.24) is 10.2 Å². The second-order valence-electron chi connectivity index (χ2n) is 6.93. The lowest BCUT2D eigenvalue weighted by atomic mass is 9.68. The number of likely N-dealkylation sites (tertiary alicyclic amines) is 1. The first-order valence-electron chi connectivity index (χ1n) is 8.30. The summed E-state index contributed by atoms with van der Waals surface area (Å²) in [6, 6.07) is 0. The predicted molar refractivity (Wildman–Crippen MR) is 99.0 cm³/mol. The molecule has 6 heteroatoms. The Kier molecular flexibility index (Phi) is 6.36. The molecule has 3 fully saturated rings. The third-order valence-electron chi connectivity index (χ3n) is 5.77. The smallest absolute Gasteiger partial charge is 0.193 e. The van der Waals surface area contributed by atoms with Gasteiger partial charge in [0, 0.05) is 59.8 Å². The van der Waals surface area contributed by atoms with E-state index in [2.05, 4.69) is 15.2 Å². The van der Waals surface area contributed by atoms with Crippen LogP contribution in [0.1, 0.15) is 38.5 Å². The molecule has 0 unspecified atom stereocenters. The highest BCUT2D eigenvalue weighted by Crippen LogP contribution is 2.47. The fraction of sp³-hybridized carbons (Fsp3) is 0.938. The number of rotatable bonds is 3. The van der Waals surface area contributed by atoms with Crippen molar-refractivity contribution in [2.45, 2.75) is 44.1 Å². The van der Waals surface area contributed by atoms with Gasteiger partial charge in [0.15, 0.2) is 5.96 Å². The van der Waals surface area contributed by atoms with E-state index in [1.165, 1.54) is 32.2 Å². The minimum atomic E-state index is -0.0952. The minimum absolute atomic E-state index is 0. The first-order chi connectivity index (χ1) is 10.2. The number of nitrogens with one attached hydrogen (secondary N) is 1. The molecule has 3 aliphatic rings. The summed E-state index contributed by atoms with van der Waals surface area (Å²) in [6.07, 6.45) is 7.46. The number of methoxy groups -OCH3 is 1. The maximum atomic E-state index is 5.79. The number of hydrogen-bond acceptors (Lipinski definition) is 3. The zero-order valence-electron chi connectivity index (χ0n) is 13.9. The number of halogens is 1. The zero-order valence-corrected chi connectivity index (χ0v) is 16.2. The van der Waals surface area contributed by atoms with Gasteiger partial charge >= 0.3 is 0 Å². The molecule has 2 heterocycles. The molecule has 2 aliphatic heterocycles. The van der Waals surface area contributed by atoms with Gasteiger partial charge in [-0.1, -0.05) is 6.42 Å². The summed E-state index contributed by atoms with van der Waals surface area (Å²) in [4.78, 5) is 6.92. The van der Waals surface area contributed by atoms with Gasteiger partial charge < -0.3 is 19.7 Å². The third kappa shape index (κ3) is 3.70. The van der Waals surface area contributed by atoms with Gasteiger partial charge in [-0.25, -0.2) is 0 Å². The van der Waals surface area contributed by atoms with E-state index in [9.17, 15) is 0 Å². The van der Waals surface area contributed by atoms with Crippen molar-refractivity contribution in [2.24, 2.45) is 10.4 Å². The molecule has 5 nitrogen and oxygen atoms in total. The van der Waals surface area contributed by atoms with Gasteiger partial charge in [-0.05, 0) is 24.7 Å². The van der Waals surface area contributed by atoms with Crippen LogP contribution in [-0.4, -0.2) is 63.5 Å². The highest BCUT2D eigenvalue weighted by Gasteiger charge is 2.43. The Morgan fingerprint density at radius 1 is 1.23 bits per heavy atom. The summed E-state index contributed by atoms with van der Waals surface area (Å²) in [5.74, 6) is 1.04. The number of guanidine groups is 1. The molecule has 1 spiro atoms. The van der Waals surface area contributed by atoms with Crippen LogP contribution in [-0.2, 0) is 9.47 Å². The molecule has 2 saturated heterocycles. The molecule has 0 atom stereocenters. The molecule has 0 aromatic carbocycles. The van der Waals surface area contributed by atoms with E-state index in [1.54, 1.807) is 0 Å². The van der Waals surface area contributed by atoms with Crippen molar-refractivity contribution < 1.29 is 9.47 Å². The highest BCUT2D eigenvalue weighted by atomic mass is 127. The molecule has 0 bridgehead atoms. The molecule has 0 aromatic rings. The zero-order chi connectivity index (χ0) is 14.8. The molecule has 1 N–H and O–H groups in total. The summed E-state index contributed by atoms with van der Waals surface area (Å²) >= 11 is 0. The van der Waals surface area contributed by atoms with Crippen LogP contribution in [0.2, 0.25) is 0 Å². The largest absolute Gasteiger partial charge is 0.381 e. The normalized spacial score (nSPS) is 26.5. The van der Waals surface area contributed by atoms with Gasteiger partial charge in [0.25, 0.3) is 0 Å². The van der Waals surface area contributed by atoms with Gasteiger partial charge in [0.1, 0.15) is 0 Å². The highest BCUT2D eigenvalue weighted by molar-refractivity contribution is 14.0. The Labute approximate surface area is 151 Å². The molecule has 0 aromatic heterocycles. The molecular formula is C16H30IN3O2. The van der Waals surface area contributed by atoms with Crippen LogP contribution in [0.4, 0.5) is 0 Å². The Morgan fingerprint density at radius 3 is 2.45 bits per heavy atom. The average Bonchev–Trinajstić information content (AvgIpc) is 2.95. The summed E-state index contributed by atoms with van der Waals surface area (Å²) in [7, 11) is 3.70. The van der Waals surface area contributed by atoms with Crippen LogP contribution in [0.25, 0.3) is 0 Å². The predicted octanol–water partition coefficient (Wildman–Crippen LogP) is 2.25. The van der Waals surface area contributed by atoms with Crippen LogP contribution < -0.4 is 5.32 Å². The van der Waals surface area contributed by atoms with Crippen molar-refractivity contribution in [2.75, 3.05) is 47.0 Å². The number of aliphatic imine (C=N–C) groups is 1. The van der Waals surface area contributed by atoms with Gasteiger partial charge in [0.05, 0.1) is 5.60 Å². The Balaban J connectivity index is 0.00000176. The van der Waals surface area contributed by atoms with Crippen molar-refractivity contribution in [3.63, 3.8) is 0 Å². The SMILES string of the molecule is CN=C(NCC1(OC)CCOCC1)N1CCC2(CCC2)C1.I. The first-order valence-corrected chi connectivity index (χ1v) is 8.30. The Hall–Kier alpha value is -0.0800. The van der Waals surface area contributed by atoms with E-state index in [1.807, 2.05) is 14.2 Å². The average molecular weight is 423 g/mol. The van der Waals surface area contributed by atoms with Gasteiger partial charge in [0.2, 0.25) is 0 Å². The van der Waals surface area contributed by atoms with Crippen LogP contribution >= 0.6 is 24.0 Å². The molecule has 0 amide bonds. The lowest BCUT2D eigenvalue weighted by Gasteiger charge is -2.39. The Morgan fingerprint density at radius 2 is 1.95 bits per heavy atom. The van der Waals surface area contributed by atoms with Crippen molar-refractivity contribution in [3.05, 3.63) is 0 Å². The summed E-state index contributed by atoms with van der Waals surface area (Å²) < 4.78 is 11.3. The molecular weight excluding hydrogens is 393 g/mol. The van der Waals surface area contributed by atoms with Crippen LogP contribution in [0.5, 0.6) is 0 Å². The topological polar surface area (TPSA) is 46.1 Å². The summed E-state index contributed by atoms with van der Waals surface area (Å²) in [6.45, 7) is 4.73. The molecule has 22 heavy (non-hydrogen) atoms. The lowest BCUT2D eigenvalue weighted by Crippen LogP contribution is -2.51. The van der Waals surface area contributed by atoms with E-state index in [0.717, 1.165) is 45.1 Å². The maximum absolute atomic E-state index is 5.79. The number of ether oxygens (including phenoxy) is 2. The number of hydrogen-bond donors (Lipinski definition) is 1. The van der Waals surface area contributed by atoms with E-state index >= 15 is 0 Å². The summed E-state index contributed by atoms with van der Waals surface area (Å²) in [5, 5.41) is 3.55. The third-order valence-corrected chi connectivity index (χ3v) is 5.77. The molecule has 128 valence electrons. The van der Waals surface area contributed by atoms with Crippen molar-refractivity contribution >= 4 is 29.9 Å². The Bertz CT molecular complexity index is 393. The van der Waals surface area contributed by atoms with Crippen LogP contribution in [0.3, 0.4) is 0 Å². The van der Waals surface area contributed by atoms with E-state index in [0.29, 0.717) is 5.41 Å². The maximum Gasteiger partial charge on any atom is 0.193 e. The van der Waals surface area contributed by atoms with E-state index in [4.69, 9.17) is 9.47 Å². The molecule has 1 aliphatic carbocycles. The second-order valence-corrected chi connectivity index (χ2v) is 6.93. The van der Waals surface area contributed by atoms with Gasteiger partial charge in [-0.3, -0.25) is 4.99 Å². The van der Waals surface area contributed by atoms with Gasteiger partial charge in [-0.15, -0.1) is 24.0 Å². The second kappa shape index (κ2) is 7.66. The molecule has 3 rings (SSSR count). The van der Waals surface area contributed by atoms with Crippen molar-refractivity contribution in [1.29, 1.82) is 0 Å². The monoisotopic (exact) mass is 423 g/mol. The molecule has 0 radical (unpaired) electrons. The lowest BCUT2D eigenvalue weighted by molar-refractivity contribution is -0.0857. The van der Waals surface area contributed by atoms with Gasteiger partial charge in [-0.2, -0.15) is 0 Å². The summed E-state index contributed by atoms with van der Waals surface area (Å²) in [5.41, 5.74) is 0.511. The fourth-order valence-corrected chi connectivity index (χ4v) is 3.97. The van der Waals surface area contributed by atoms with Crippen molar-refractivity contribution in [3.8, 4) is 0 Å². The van der Waals surface area contributed by atoms with E-state index in [-0.39, 0.29) is 29.6 Å².